The molecule has 0 saturated heterocycles. The van der Waals surface area contributed by atoms with Gasteiger partial charge in [-0.05, 0) is 31.8 Å². The zero-order chi connectivity index (χ0) is 15.4. The molecule has 2 aromatic rings. The summed E-state index contributed by atoms with van der Waals surface area (Å²) in [4.78, 5) is 2.17. The third-order valence-electron chi connectivity index (χ3n) is 3.63. The average molecular weight is 299 g/mol. The quantitative estimate of drug-likeness (QED) is 0.817. The Morgan fingerprint density at radius 3 is 2.59 bits per heavy atom. The van der Waals surface area contributed by atoms with Crippen molar-refractivity contribution in [1.82, 2.24) is 4.90 Å². The van der Waals surface area contributed by atoms with Crippen LogP contribution in [0.2, 0.25) is 0 Å². The predicted molar refractivity (Wildman–Crippen MR) is 85.5 cm³/mol. The van der Waals surface area contributed by atoms with Crippen molar-refractivity contribution in [3.8, 4) is 17.2 Å². The predicted octanol–water partition coefficient (Wildman–Crippen LogP) is 3.49. The highest BCUT2D eigenvalue weighted by Gasteiger charge is 2.17. The van der Waals surface area contributed by atoms with Gasteiger partial charge in [0, 0.05) is 19.0 Å². The van der Waals surface area contributed by atoms with Crippen LogP contribution < -0.4 is 14.2 Å². The average Bonchev–Trinajstić information content (AvgIpc) is 2.99. The second-order valence-corrected chi connectivity index (χ2v) is 5.62. The highest BCUT2D eigenvalue weighted by Crippen LogP contribution is 2.36. The molecule has 0 N–H and O–H groups in total. The first kappa shape index (κ1) is 14.7. The van der Waals surface area contributed by atoms with Crippen LogP contribution in [0.3, 0.4) is 0 Å². The number of nitrogens with zero attached hydrogens (tertiary/aromatic N) is 1. The van der Waals surface area contributed by atoms with Crippen molar-refractivity contribution in [2.75, 3.05) is 27.4 Å². The van der Waals surface area contributed by atoms with Gasteiger partial charge in [0.15, 0.2) is 11.5 Å². The normalized spacial score (nSPS) is 14.1. The number of hydrogen-bond donors (Lipinski definition) is 0. The molecule has 4 heteroatoms. The third-order valence-corrected chi connectivity index (χ3v) is 3.63. The molecule has 116 valence electrons. The van der Waals surface area contributed by atoms with Crippen molar-refractivity contribution in [3.05, 3.63) is 54.1 Å². The maximum absolute atomic E-state index is 6.21. The van der Waals surface area contributed by atoms with Crippen LogP contribution in [-0.2, 0) is 0 Å². The lowest BCUT2D eigenvalue weighted by Crippen LogP contribution is -2.18. The van der Waals surface area contributed by atoms with Gasteiger partial charge in [0.1, 0.15) is 11.9 Å². The van der Waals surface area contributed by atoms with Gasteiger partial charge in [-0.2, -0.15) is 0 Å². The highest BCUT2D eigenvalue weighted by molar-refractivity contribution is 5.47. The maximum atomic E-state index is 6.21. The Labute approximate surface area is 131 Å². The molecule has 3 rings (SSSR count). The Morgan fingerprint density at radius 2 is 1.82 bits per heavy atom. The molecule has 0 aromatic heterocycles. The highest BCUT2D eigenvalue weighted by atomic mass is 16.7. The Morgan fingerprint density at radius 1 is 1.05 bits per heavy atom. The topological polar surface area (TPSA) is 30.9 Å². The molecule has 0 fully saturated rings. The molecule has 1 heterocycles. The molecule has 0 radical (unpaired) electrons. The van der Waals surface area contributed by atoms with Gasteiger partial charge in [-0.1, -0.05) is 30.3 Å². The molecule has 4 nitrogen and oxygen atoms in total. The number of fused-ring (bicyclic) bond motifs is 1. The summed E-state index contributed by atoms with van der Waals surface area (Å²) < 4.78 is 17.0. The fraction of sp³-hybridized carbons (Fsp3) is 0.333. The molecule has 0 aliphatic carbocycles. The summed E-state index contributed by atoms with van der Waals surface area (Å²) in [7, 11) is 4.14. The first-order valence-corrected chi connectivity index (χ1v) is 7.48. The second kappa shape index (κ2) is 6.71. The Balaban J connectivity index is 1.77. The van der Waals surface area contributed by atoms with Crippen molar-refractivity contribution in [3.63, 3.8) is 0 Å². The van der Waals surface area contributed by atoms with E-state index < -0.39 is 0 Å². The Hall–Kier alpha value is -2.20. The van der Waals surface area contributed by atoms with Crippen LogP contribution in [0.15, 0.2) is 48.5 Å². The third kappa shape index (κ3) is 3.52. The minimum absolute atomic E-state index is 0.0176. The first-order chi connectivity index (χ1) is 10.7. The van der Waals surface area contributed by atoms with E-state index in [-0.39, 0.29) is 12.9 Å². The van der Waals surface area contributed by atoms with Gasteiger partial charge >= 0.3 is 0 Å². The van der Waals surface area contributed by atoms with Crippen LogP contribution in [-0.4, -0.2) is 32.3 Å². The van der Waals surface area contributed by atoms with Crippen LogP contribution in [0.5, 0.6) is 17.2 Å². The molecule has 0 bridgehead atoms. The summed E-state index contributed by atoms with van der Waals surface area (Å²) in [6.45, 7) is 1.24. The Kier molecular flexibility index (Phi) is 4.49. The van der Waals surface area contributed by atoms with Crippen LogP contribution in [0, 0.1) is 0 Å². The summed E-state index contributed by atoms with van der Waals surface area (Å²) in [6, 6.07) is 16.0. The maximum Gasteiger partial charge on any atom is 0.231 e. The van der Waals surface area contributed by atoms with Gasteiger partial charge in [0.25, 0.3) is 0 Å². The number of ether oxygens (including phenoxy) is 3. The van der Waals surface area contributed by atoms with Crippen LogP contribution in [0.4, 0.5) is 0 Å². The number of rotatable bonds is 6. The van der Waals surface area contributed by atoms with E-state index in [4.69, 9.17) is 14.2 Å². The van der Waals surface area contributed by atoms with E-state index in [9.17, 15) is 0 Å². The summed E-state index contributed by atoms with van der Waals surface area (Å²) in [5.41, 5.74) is 1.18. The molecule has 0 spiro atoms. The van der Waals surface area contributed by atoms with Crippen LogP contribution >= 0.6 is 0 Å². The summed E-state index contributed by atoms with van der Waals surface area (Å²) in [6.07, 6.45) is 0.940. The summed E-state index contributed by atoms with van der Waals surface area (Å²) in [5, 5.41) is 0. The van der Waals surface area contributed by atoms with Gasteiger partial charge in [0.2, 0.25) is 6.79 Å². The second-order valence-electron chi connectivity index (χ2n) is 5.62. The molecule has 0 amide bonds. The molecule has 2 aromatic carbocycles. The van der Waals surface area contributed by atoms with Gasteiger partial charge < -0.3 is 19.1 Å². The smallest absolute Gasteiger partial charge is 0.231 e. The largest absolute Gasteiger partial charge is 0.486 e. The van der Waals surface area contributed by atoms with Gasteiger partial charge in [0.05, 0.1) is 0 Å². The van der Waals surface area contributed by atoms with Crippen molar-refractivity contribution >= 4 is 0 Å². The minimum atomic E-state index is 0.0176. The molecule has 1 atom stereocenters. The van der Waals surface area contributed by atoms with E-state index in [0.29, 0.717) is 0 Å². The van der Waals surface area contributed by atoms with Gasteiger partial charge in [-0.3, -0.25) is 0 Å². The number of benzene rings is 2. The molecule has 0 saturated carbocycles. The van der Waals surface area contributed by atoms with E-state index in [0.717, 1.165) is 30.2 Å². The van der Waals surface area contributed by atoms with E-state index in [2.05, 4.69) is 31.1 Å². The first-order valence-electron chi connectivity index (χ1n) is 7.48. The van der Waals surface area contributed by atoms with E-state index in [1.807, 2.05) is 36.4 Å². The zero-order valence-electron chi connectivity index (χ0n) is 13.0. The van der Waals surface area contributed by atoms with E-state index in [1.165, 1.54) is 5.56 Å². The van der Waals surface area contributed by atoms with Gasteiger partial charge in [-0.25, -0.2) is 0 Å². The van der Waals surface area contributed by atoms with E-state index in [1.54, 1.807) is 0 Å². The fourth-order valence-electron chi connectivity index (χ4n) is 2.45. The lowest BCUT2D eigenvalue weighted by molar-refractivity contribution is 0.171. The molecule has 1 aliphatic heterocycles. The monoisotopic (exact) mass is 299 g/mol. The molecule has 1 unspecified atom stereocenters. The van der Waals surface area contributed by atoms with Crippen molar-refractivity contribution < 1.29 is 14.2 Å². The molecule has 1 aliphatic rings. The Bertz CT molecular complexity index is 613. The lowest BCUT2D eigenvalue weighted by atomic mass is 10.1. The molecular weight excluding hydrogens is 278 g/mol. The van der Waals surface area contributed by atoms with Crippen LogP contribution in [0.1, 0.15) is 18.1 Å². The number of hydrogen-bond acceptors (Lipinski definition) is 4. The van der Waals surface area contributed by atoms with Crippen molar-refractivity contribution in [1.29, 1.82) is 0 Å². The summed E-state index contributed by atoms with van der Waals surface area (Å²) in [5.74, 6) is 2.32. The molecule has 22 heavy (non-hydrogen) atoms. The fourth-order valence-corrected chi connectivity index (χ4v) is 2.45. The van der Waals surface area contributed by atoms with Crippen molar-refractivity contribution in [2.24, 2.45) is 0 Å². The zero-order valence-corrected chi connectivity index (χ0v) is 13.0. The SMILES string of the molecule is CN(C)CCC(Oc1ccc2c(c1)OCO2)c1ccccc1. The molecular formula is C18H21NO3. The van der Waals surface area contributed by atoms with E-state index >= 15 is 0 Å². The van der Waals surface area contributed by atoms with Crippen LogP contribution in [0.25, 0.3) is 0 Å². The minimum Gasteiger partial charge on any atom is -0.486 e. The summed E-state index contributed by atoms with van der Waals surface area (Å²) >= 11 is 0. The van der Waals surface area contributed by atoms with Gasteiger partial charge in [-0.15, -0.1) is 0 Å². The van der Waals surface area contributed by atoms with Crippen molar-refractivity contribution in [2.45, 2.75) is 12.5 Å². The standard InChI is InChI=1S/C18H21NO3/c1-19(2)11-10-16(14-6-4-3-5-7-14)22-15-8-9-17-18(12-15)21-13-20-17/h3-9,12,16H,10-11,13H2,1-2H3. The lowest BCUT2D eigenvalue weighted by Gasteiger charge is -2.21.